The van der Waals surface area contributed by atoms with Crippen molar-refractivity contribution in [3.8, 4) is 0 Å². The van der Waals surface area contributed by atoms with E-state index in [1.807, 2.05) is 42.5 Å². The molecular formula is C38H29Cl3F2N8. The van der Waals surface area contributed by atoms with E-state index in [4.69, 9.17) is 40.5 Å². The summed E-state index contributed by atoms with van der Waals surface area (Å²) in [6.45, 7) is 0. The fraction of sp³-hybridized carbons (Fsp3) is 0.0526. The third-order valence-corrected chi connectivity index (χ3v) is 8.04. The molecule has 0 aliphatic carbocycles. The Kier molecular flexibility index (Phi) is 11.4. The second-order valence-electron chi connectivity index (χ2n) is 11.2. The van der Waals surface area contributed by atoms with Crippen molar-refractivity contribution in [2.45, 2.75) is 12.8 Å². The van der Waals surface area contributed by atoms with Crippen LogP contribution in [-0.4, -0.2) is 29.2 Å². The van der Waals surface area contributed by atoms with Crippen LogP contribution in [0.15, 0.2) is 134 Å². The number of nitrogens with two attached hydrogens (primary N) is 1. The van der Waals surface area contributed by atoms with Crippen LogP contribution in [0.5, 0.6) is 0 Å². The van der Waals surface area contributed by atoms with E-state index in [1.54, 1.807) is 76.0 Å². The van der Waals surface area contributed by atoms with E-state index in [1.165, 1.54) is 24.3 Å². The van der Waals surface area contributed by atoms with Gasteiger partial charge in [0.15, 0.2) is 11.3 Å². The number of nitrogens with one attached hydrogen (secondary N) is 1. The lowest BCUT2D eigenvalue weighted by atomic mass is 10.1. The maximum absolute atomic E-state index is 13.1. The highest BCUT2D eigenvalue weighted by atomic mass is 35.5. The summed E-state index contributed by atoms with van der Waals surface area (Å²) in [6, 6.07) is 34.8. The minimum atomic E-state index is -0.244. The number of rotatable bonds is 6. The number of halogens is 5. The predicted octanol–water partition coefficient (Wildman–Crippen LogP) is 9.89. The molecule has 4 aromatic carbocycles. The van der Waals surface area contributed by atoms with Crippen LogP contribution in [0.1, 0.15) is 22.5 Å². The number of nitrogen functional groups attached to an aromatic ring is 1. The number of hydrogen-bond donors (Lipinski definition) is 2. The summed E-state index contributed by atoms with van der Waals surface area (Å²) in [5.74, 6) is 0.217. The largest absolute Gasteiger partial charge is 0.399 e. The highest BCUT2D eigenvalue weighted by molar-refractivity contribution is 6.31. The van der Waals surface area contributed by atoms with Crippen LogP contribution in [0.4, 0.5) is 26.0 Å². The summed E-state index contributed by atoms with van der Waals surface area (Å²) in [7, 11) is 0. The van der Waals surface area contributed by atoms with E-state index in [0.717, 1.165) is 33.8 Å². The molecular weight excluding hydrogens is 713 g/mol. The van der Waals surface area contributed by atoms with Gasteiger partial charge in [-0.05, 0) is 77.9 Å². The van der Waals surface area contributed by atoms with Gasteiger partial charge in [-0.3, -0.25) is 0 Å². The van der Waals surface area contributed by atoms with Gasteiger partial charge in [0.05, 0.1) is 23.8 Å². The van der Waals surface area contributed by atoms with Gasteiger partial charge in [-0.1, -0.05) is 71.2 Å². The van der Waals surface area contributed by atoms with Crippen LogP contribution in [-0.2, 0) is 12.8 Å². The Morgan fingerprint density at radius 1 is 0.588 bits per heavy atom. The molecule has 8 nitrogen and oxygen atoms in total. The number of nitrogens with zero attached hydrogens (tertiary/aromatic N) is 6. The van der Waals surface area contributed by atoms with Gasteiger partial charge in [-0.15, -0.1) is 0 Å². The van der Waals surface area contributed by atoms with Gasteiger partial charge in [0.2, 0.25) is 0 Å². The zero-order chi connectivity index (χ0) is 35.7. The van der Waals surface area contributed by atoms with Crippen molar-refractivity contribution in [2.75, 3.05) is 11.1 Å². The Balaban J connectivity index is 0.000000150. The third-order valence-electron chi connectivity index (χ3n) is 7.38. The summed E-state index contributed by atoms with van der Waals surface area (Å²) >= 11 is 17.6. The zero-order valence-corrected chi connectivity index (χ0v) is 29.0. The summed E-state index contributed by atoms with van der Waals surface area (Å²) in [4.78, 5) is 8.72. The number of anilines is 3. The molecule has 0 atom stereocenters. The molecule has 0 amide bonds. The van der Waals surface area contributed by atoms with E-state index in [9.17, 15) is 8.78 Å². The smallest absolute Gasteiger partial charge is 0.157 e. The maximum Gasteiger partial charge on any atom is 0.157 e. The Hall–Kier alpha value is -5.55. The van der Waals surface area contributed by atoms with Gasteiger partial charge in [0.1, 0.15) is 22.6 Å². The highest BCUT2D eigenvalue weighted by Crippen LogP contribution is 2.22. The van der Waals surface area contributed by atoms with Crippen molar-refractivity contribution in [1.82, 2.24) is 29.2 Å². The molecule has 0 aliphatic heterocycles. The van der Waals surface area contributed by atoms with Gasteiger partial charge in [0.25, 0.3) is 0 Å². The average Bonchev–Trinajstić information content (AvgIpc) is 3.78. The Morgan fingerprint density at radius 3 is 1.65 bits per heavy atom. The first kappa shape index (κ1) is 35.3. The maximum atomic E-state index is 13.1. The molecule has 0 bridgehead atoms. The summed E-state index contributed by atoms with van der Waals surface area (Å²) < 4.78 is 29.5. The molecule has 0 unspecified atom stereocenters. The molecule has 4 heterocycles. The van der Waals surface area contributed by atoms with Crippen molar-refractivity contribution in [3.05, 3.63) is 183 Å². The third kappa shape index (κ3) is 9.79. The van der Waals surface area contributed by atoms with Gasteiger partial charge in [-0.25, -0.2) is 27.8 Å². The lowest BCUT2D eigenvalue weighted by Crippen LogP contribution is -2.04. The van der Waals surface area contributed by atoms with Crippen LogP contribution in [0.25, 0.3) is 11.3 Å². The number of benzene rings is 4. The minimum absolute atomic E-state index is 0.240. The topological polar surface area (TPSA) is 98.4 Å². The predicted molar refractivity (Wildman–Crippen MR) is 200 cm³/mol. The molecule has 0 saturated heterocycles. The van der Waals surface area contributed by atoms with E-state index in [-0.39, 0.29) is 11.6 Å². The number of aromatic nitrogens is 6. The normalized spacial score (nSPS) is 10.7. The summed E-state index contributed by atoms with van der Waals surface area (Å²) in [5.41, 5.74) is 12.2. The van der Waals surface area contributed by atoms with Crippen LogP contribution in [0.3, 0.4) is 0 Å². The van der Waals surface area contributed by atoms with Crippen molar-refractivity contribution in [2.24, 2.45) is 0 Å². The highest BCUT2D eigenvalue weighted by Gasteiger charge is 2.09. The fourth-order valence-electron chi connectivity index (χ4n) is 5.08. The van der Waals surface area contributed by atoms with Gasteiger partial charge in [-0.2, -0.15) is 10.2 Å². The van der Waals surface area contributed by atoms with E-state index >= 15 is 0 Å². The molecule has 0 aliphatic rings. The second kappa shape index (κ2) is 16.4. The van der Waals surface area contributed by atoms with Crippen molar-refractivity contribution in [3.63, 3.8) is 0 Å². The molecule has 3 N–H and O–H groups in total. The minimum Gasteiger partial charge on any atom is -0.399 e. The molecule has 0 radical (unpaired) electrons. The van der Waals surface area contributed by atoms with E-state index in [0.29, 0.717) is 45.2 Å². The number of hydrogen-bond acceptors (Lipinski definition) is 6. The standard InChI is InChI=1S/C19H14ClFN4.C13H9ClFN3.C6H6ClN/c20-14-2-1-3-16(11-14)23-18-12-17(25-19(24-18)8-9-22-25)10-13-4-6-15(21)7-5-13;14-12-8-11(18-13(17-12)5-6-16-18)7-9-1-3-10(15)4-2-9;7-5-2-1-3-6(8)4-5/h1-9,11-12H,10H2,(H,23,24);1-6,8H,7H2;1-4H,8H2. The molecule has 51 heavy (non-hydrogen) atoms. The second-order valence-corrected chi connectivity index (χ2v) is 12.5. The van der Waals surface area contributed by atoms with Gasteiger partial charge in [0, 0.05) is 52.5 Å². The Morgan fingerprint density at radius 2 is 1.12 bits per heavy atom. The van der Waals surface area contributed by atoms with Crippen LogP contribution >= 0.6 is 34.8 Å². The lowest BCUT2D eigenvalue weighted by Gasteiger charge is -2.10. The molecule has 8 aromatic rings. The molecule has 4 aromatic heterocycles. The van der Waals surface area contributed by atoms with Crippen molar-refractivity contribution in [1.29, 1.82) is 0 Å². The molecule has 256 valence electrons. The van der Waals surface area contributed by atoms with E-state index < -0.39 is 0 Å². The SMILES string of the molecule is Fc1ccc(Cc2cc(Cl)nc3ccnn23)cc1.Fc1ccc(Cc2cc(Nc3cccc(Cl)c3)nc3ccnn23)cc1.Nc1cccc(Cl)c1. The monoisotopic (exact) mass is 740 g/mol. The first-order valence-corrected chi connectivity index (χ1v) is 16.7. The zero-order valence-electron chi connectivity index (χ0n) is 26.8. The number of fused-ring (bicyclic) bond motifs is 2. The molecule has 8 rings (SSSR count). The van der Waals surface area contributed by atoms with Gasteiger partial charge >= 0.3 is 0 Å². The lowest BCUT2D eigenvalue weighted by molar-refractivity contribution is 0.626. The van der Waals surface area contributed by atoms with Crippen molar-refractivity contribution >= 4 is 63.3 Å². The molecule has 13 heteroatoms. The average molecular weight is 742 g/mol. The van der Waals surface area contributed by atoms with Crippen molar-refractivity contribution < 1.29 is 8.78 Å². The molecule has 0 saturated carbocycles. The van der Waals surface area contributed by atoms with Crippen LogP contribution in [0.2, 0.25) is 15.2 Å². The first-order valence-electron chi connectivity index (χ1n) is 15.5. The molecule has 0 fully saturated rings. The Labute approximate surface area is 307 Å². The van der Waals surface area contributed by atoms with Crippen LogP contribution < -0.4 is 11.1 Å². The van der Waals surface area contributed by atoms with E-state index in [2.05, 4.69) is 25.5 Å². The fourth-order valence-corrected chi connectivity index (χ4v) is 5.68. The quantitative estimate of drug-likeness (QED) is 0.130. The first-order chi connectivity index (χ1) is 24.7. The summed E-state index contributed by atoms with van der Waals surface area (Å²) in [5, 5.41) is 13.6. The Bertz CT molecular complexity index is 2360. The summed E-state index contributed by atoms with van der Waals surface area (Å²) in [6.07, 6.45) is 4.62. The molecule has 0 spiro atoms. The van der Waals surface area contributed by atoms with Gasteiger partial charge < -0.3 is 11.1 Å². The van der Waals surface area contributed by atoms with Crippen LogP contribution in [0, 0.1) is 11.6 Å².